The van der Waals surface area contributed by atoms with E-state index in [4.69, 9.17) is 4.74 Å². The summed E-state index contributed by atoms with van der Waals surface area (Å²) in [4.78, 5) is 22.2. The van der Waals surface area contributed by atoms with Gasteiger partial charge >= 0.3 is 5.00 Å². The number of nitrogens with one attached hydrogen (secondary N) is 1. The molecule has 1 aliphatic rings. The molecule has 1 amide bonds. The van der Waals surface area contributed by atoms with Crippen molar-refractivity contribution < 1.29 is 14.5 Å². The second-order valence-corrected chi connectivity index (χ2v) is 6.20. The van der Waals surface area contributed by atoms with E-state index >= 15 is 0 Å². The number of thiophene rings is 1. The average molecular weight is 312 g/mol. The van der Waals surface area contributed by atoms with Crippen LogP contribution in [-0.4, -0.2) is 30.1 Å². The highest BCUT2D eigenvalue weighted by atomic mass is 32.1. The highest BCUT2D eigenvalue weighted by Gasteiger charge is 2.15. The van der Waals surface area contributed by atoms with Crippen molar-refractivity contribution in [1.82, 2.24) is 5.32 Å². The second-order valence-electron chi connectivity index (χ2n) is 5.14. The van der Waals surface area contributed by atoms with E-state index in [2.05, 4.69) is 5.32 Å². The molecule has 0 radical (unpaired) electrons. The minimum Gasteiger partial charge on any atom is -0.378 e. The molecule has 0 unspecified atom stereocenters. The van der Waals surface area contributed by atoms with Gasteiger partial charge in [-0.3, -0.25) is 14.9 Å². The monoisotopic (exact) mass is 312 g/mol. The van der Waals surface area contributed by atoms with Crippen LogP contribution >= 0.6 is 11.3 Å². The zero-order chi connectivity index (χ0) is 15.1. The highest BCUT2D eigenvalue weighted by molar-refractivity contribution is 7.17. The Hall–Kier alpha value is -1.47. The van der Waals surface area contributed by atoms with Gasteiger partial charge in [-0.1, -0.05) is 30.6 Å². The zero-order valence-electron chi connectivity index (χ0n) is 11.9. The second kappa shape index (κ2) is 8.09. The number of carbonyl (C=O) groups excluding carboxylic acids is 1. The smallest absolute Gasteiger partial charge is 0.324 e. The van der Waals surface area contributed by atoms with Crippen molar-refractivity contribution in [2.75, 3.05) is 13.2 Å². The van der Waals surface area contributed by atoms with E-state index in [1.54, 1.807) is 0 Å². The summed E-state index contributed by atoms with van der Waals surface area (Å²) in [5, 5.41) is 13.3. The standard InChI is InChI=1S/C14H20N2O4S/c17-14(12-7-8-13(21-12)16(18)19)15-9-4-10-20-11-5-2-1-3-6-11/h7-8,11H,1-6,9-10H2,(H,15,17). The lowest BCUT2D eigenvalue weighted by Crippen LogP contribution is -2.25. The Kier molecular flexibility index (Phi) is 6.13. The molecule has 0 atom stereocenters. The third-order valence-electron chi connectivity index (χ3n) is 3.51. The molecule has 2 rings (SSSR count). The molecule has 116 valence electrons. The molecule has 6 nitrogen and oxygen atoms in total. The predicted molar refractivity (Wildman–Crippen MR) is 80.7 cm³/mol. The van der Waals surface area contributed by atoms with E-state index in [-0.39, 0.29) is 10.9 Å². The van der Waals surface area contributed by atoms with Gasteiger partial charge in [0.05, 0.1) is 15.9 Å². The first-order valence-electron chi connectivity index (χ1n) is 7.31. The van der Waals surface area contributed by atoms with Crippen LogP contribution in [0, 0.1) is 10.1 Å². The number of rotatable bonds is 7. The number of carbonyl (C=O) groups is 1. The largest absolute Gasteiger partial charge is 0.378 e. The first kappa shape index (κ1) is 15.9. The molecule has 1 heterocycles. The van der Waals surface area contributed by atoms with Crippen LogP contribution in [0.25, 0.3) is 0 Å². The number of ether oxygens (including phenoxy) is 1. The molecule has 1 aliphatic carbocycles. The molecular weight excluding hydrogens is 292 g/mol. The van der Waals surface area contributed by atoms with Crippen LogP contribution < -0.4 is 5.32 Å². The number of amides is 1. The van der Waals surface area contributed by atoms with Crippen molar-refractivity contribution in [3.05, 3.63) is 27.1 Å². The normalized spacial score (nSPS) is 15.8. The maximum Gasteiger partial charge on any atom is 0.324 e. The van der Waals surface area contributed by atoms with Crippen LogP contribution in [0.2, 0.25) is 0 Å². The van der Waals surface area contributed by atoms with Gasteiger partial charge in [-0.05, 0) is 25.3 Å². The molecule has 1 N–H and O–H groups in total. The molecule has 1 saturated carbocycles. The van der Waals surface area contributed by atoms with Crippen LogP contribution in [-0.2, 0) is 4.74 Å². The summed E-state index contributed by atoms with van der Waals surface area (Å²) in [6, 6.07) is 2.84. The number of nitrogens with zero attached hydrogens (tertiary/aromatic N) is 1. The summed E-state index contributed by atoms with van der Waals surface area (Å²) in [5.41, 5.74) is 0. The SMILES string of the molecule is O=C(NCCCOC1CCCCC1)c1ccc([N+](=O)[O-])s1. The number of hydrogen-bond acceptors (Lipinski definition) is 5. The minimum atomic E-state index is -0.487. The Balaban J connectivity index is 1.61. The molecule has 21 heavy (non-hydrogen) atoms. The lowest BCUT2D eigenvalue weighted by atomic mass is 9.98. The summed E-state index contributed by atoms with van der Waals surface area (Å²) < 4.78 is 5.77. The van der Waals surface area contributed by atoms with Crippen LogP contribution in [0.15, 0.2) is 12.1 Å². The third kappa shape index (κ3) is 5.09. The molecule has 0 aromatic carbocycles. The molecule has 1 aromatic heterocycles. The van der Waals surface area contributed by atoms with Gasteiger partial charge in [0.25, 0.3) is 5.91 Å². The minimum absolute atomic E-state index is 0.0132. The fourth-order valence-electron chi connectivity index (χ4n) is 2.39. The summed E-state index contributed by atoms with van der Waals surface area (Å²) in [6.07, 6.45) is 7.24. The van der Waals surface area contributed by atoms with Crippen LogP contribution in [0.5, 0.6) is 0 Å². The Labute approximate surface area is 127 Å². The fourth-order valence-corrected chi connectivity index (χ4v) is 3.13. The topological polar surface area (TPSA) is 81.5 Å². The maximum absolute atomic E-state index is 11.8. The van der Waals surface area contributed by atoms with Crippen LogP contribution in [0.3, 0.4) is 0 Å². The van der Waals surface area contributed by atoms with Crippen LogP contribution in [0.4, 0.5) is 5.00 Å². The van der Waals surface area contributed by atoms with Gasteiger partial charge in [-0.25, -0.2) is 0 Å². The molecular formula is C14H20N2O4S. The Morgan fingerprint density at radius 2 is 2.14 bits per heavy atom. The lowest BCUT2D eigenvalue weighted by molar-refractivity contribution is -0.380. The molecule has 0 spiro atoms. The van der Waals surface area contributed by atoms with Gasteiger partial charge in [0.2, 0.25) is 0 Å². The molecule has 7 heteroatoms. The zero-order valence-corrected chi connectivity index (χ0v) is 12.7. The van der Waals surface area contributed by atoms with E-state index in [9.17, 15) is 14.9 Å². The molecule has 1 fully saturated rings. The van der Waals surface area contributed by atoms with E-state index in [1.165, 1.54) is 31.4 Å². The van der Waals surface area contributed by atoms with Gasteiger partial charge < -0.3 is 10.1 Å². The summed E-state index contributed by atoms with van der Waals surface area (Å²) in [5.74, 6) is -0.259. The Morgan fingerprint density at radius 3 is 2.81 bits per heavy atom. The van der Waals surface area contributed by atoms with E-state index in [0.717, 1.165) is 30.6 Å². The first-order valence-corrected chi connectivity index (χ1v) is 8.12. The van der Waals surface area contributed by atoms with E-state index in [1.807, 2.05) is 0 Å². The van der Waals surface area contributed by atoms with Gasteiger partial charge in [0.1, 0.15) is 0 Å². The van der Waals surface area contributed by atoms with Crippen molar-refractivity contribution in [3.63, 3.8) is 0 Å². The quantitative estimate of drug-likeness (QED) is 0.476. The summed E-state index contributed by atoms with van der Waals surface area (Å²) >= 11 is 0.893. The van der Waals surface area contributed by atoms with Crippen molar-refractivity contribution in [1.29, 1.82) is 0 Å². The Morgan fingerprint density at radius 1 is 1.38 bits per heavy atom. The van der Waals surface area contributed by atoms with Crippen molar-refractivity contribution in [2.24, 2.45) is 0 Å². The third-order valence-corrected chi connectivity index (χ3v) is 4.54. The van der Waals surface area contributed by atoms with E-state index < -0.39 is 4.92 Å². The molecule has 0 aliphatic heterocycles. The lowest BCUT2D eigenvalue weighted by Gasteiger charge is -2.21. The van der Waals surface area contributed by atoms with Gasteiger partial charge in [-0.15, -0.1) is 0 Å². The highest BCUT2D eigenvalue weighted by Crippen LogP contribution is 2.23. The first-order chi connectivity index (χ1) is 10.2. The van der Waals surface area contributed by atoms with Gasteiger partial charge in [0, 0.05) is 19.2 Å². The van der Waals surface area contributed by atoms with Crippen molar-refractivity contribution >= 4 is 22.2 Å². The number of hydrogen-bond donors (Lipinski definition) is 1. The molecule has 0 saturated heterocycles. The van der Waals surface area contributed by atoms with E-state index in [0.29, 0.717) is 24.1 Å². The van der Waals surface area contributed by atoms with Crippen LogP contribution in [0.1, 0.15) is 48.2 Å². The van der Waals surface area contributed by atoms with Crippen molar-refractivity contribution in [3.8, 4) is 0 Å². The summed E-state index contributed by atoms with van der Waals surface area (Å²) in [7, 11) is 0. The summed E-state index contributed by atoms with van der Waals surface area (Å²) in [6.45, 7) is 1.17. The number of nitro groups is 1. The van der Waals surface area contributed by atoms with Crippen molar-refractivity contribution in [2.45, 2.75) is 44.6 Å². The Bertz CT molecular complexity index is 483. The van der Waals surface area contributed by atoms with Gasteiger partial charge in [-0.2, -0.15) is 0 Å². The molecule has 1 aromatic rings. The van der Waals surface area contributed by atoms with Gasteiger partial charge in [0.15, 0.2) is 0 Å². The molecule has 0 bridgehead atoms. The maximum atomic E-state index is 11.8. The average Bonchev–Trinajstić information content (AvgIpc) is 2.98. The fraction of sp³-hybridized carbons (Fsp3) is 0.643. The predicted octanol–water partition coefficient (Wildman–Crippen LogP) is 3.13.